The number of sulfonamides is 1. The van der Waals surface area contributed by atoms with Crippen LogP contribution in [0.25, 0.3) is 0 Å². The Labute approximate surface area is 126 Å². The third kappa shape index (κ3) is 4.67. The molecule has 21 heavy (non-hydrogen) atoms. The quantitative estimate of drug-likeness (QED) is 0.665. The number of aromatic nitrogens is 2. The van der Waals surface area contributed by atoms with Crippen molar-refractivity contribution in [3.8, 4) is 0 Å². The van der Waals surface area contributed by atoms with E-state index in [0.717, 1.165) is 13.0 Å². The molecule has 8 nitrogen and oxygen atoms in total. The number of nitrogens with zero attached hydrogens (tertiary/aromatic N) is 4. The molecule has 0 radical (unpaired) electrons. The van der Waals surface area contributed by atoms with E-state index in [1.165, 1.54) is 15.2 Å². The molecule has 1 rings (SSSR count). The second-order valence-electron chi connectivity index (χ2n) is 5.10. The summed E-state index contributed by atoms with van der Waals surface area (Å²) in [4.78, 5) is 5.86. The van der Waals surface area contributed by atoms with Crippen molar-refractivity contribution < 1.29 is 13.2 Å². The van der Waals surface area contributed by atoms with Gasteiger partial charge < -0.3 is 19.9 Å². The molecule has 0 fully saturated rings. The molecule has 2 N–H and O–H groups in total. The molecular weight excluding hydrogens is 294 g/mol. The standard InChI is InChI=1S/C12H25N5O3S/c1-15(2)6-5-7-17(8-9-20-4)21(18,19)12-11(13)14-10-16(12)3/h10H,5-9,13H2,1-4H3. The zero-order chi connectivity index (χ0) is 16.0. The van der Waals surface area contributed by atoms with Crippen LogP contribution in [0, 0.1) is 0 Å². The molecule has 0 saturated heterocycles. The van der Waals surface area contributed by atoms with Crippen molar-refractivity contribution in [3.05, 3.63) is 6.33 Å². The molecule has 0 atom stereocenters. The summed E-state index contributed by atoms with van der Waals surface area (Å²) < 4.78 is 33.3. The fraction of sp³-hybridized carbons (Fsp3) is 0.750. The normalized spacial score (nSPS) is 12.5. The molecular formula is C12H25N5O3S. The molecule has 1 heterocycles. The second kappa shape index (κ2) is 7.74. The third-order valence-electron chi connectivity index (χ3n) is 3.05. The number of methoxy groups -OCH3 is 1. The minimum atomic E-state index is -3.68. The zero-order valence-electron chi connectivity index (χ0n) is 13.1. The van der Waals surface area contributed by atoms with Gasteiger partial charge in [-0.05, 0) is 27.1 Å². The molecule has 0 aliphatic rings. The molecule has 0 saturated carbocycles. The number of imidazole rings is 1. The Morgan fingerprint density at radius 2 is 2.00 bits per heavy atom. The molecule has 122 valence electrons. The summed E-state index contributed by atoms with van der Waals surface area (Å²) in [6.45, 7) is 1.84. The Bertz CT molecular complexity index is 522. The Balaban J connectivity index is 2.95. The number of hydrogen-bond acceptors (Lipinski definition) is 6. The van der Waals surface area contributed by atoms with Gasteiger partial charge in [-0.15, -0.1) is 0 Å². The number of nitrogens with two attached hydrogens (primary N) is 1. The highest BCUT2D eigenvalue weighted by Gasteiger charge is 2.29. The molecule has 0 unspecified atom stereocenters. The smallest absolute Gasteiger partial charge is 0.262 e. The molecule has 0 bridgehead atoms. The second-order valence-corrected chi connectivity index (χ2v) is 6.95. The van der Waals surface area contributed by atoms with Crippen LogP contribution in [0.5, 0.6) is 0 Å². The van der Waals surface area contributed by atoms with Crippen LogP contribution in [-0.2, 0) is 21.8 Å². The van der Waals surface area contributed by atoms with E-state index in [1.54, 1.807) is 14.2 Å². The van der Waals surface area contributed by atoms with Crippen molar-refractivity contribution in [2.24, 2.45) is 7.05 Å². The fourth-order valence-electron chi connectivity index (χ4n) is 1.98. The molecule has 0 aromatic carbocycles. The van der Waals surface area contributed by atoms with E-state index in [4.69, 9.17) is 10.5 Å². The van der Waals surface area contributed by atoms with E-state index < -0.39 is 10.0 Å². The average molecular weight is 319 g/mol. The van der Waals surface area contributed by atoms with Crippen LogP contribution < -0.4 is 5.73 Å². The Morgan fingerprint density at radius 1 is 1.33 bits per heavy atom. The lowest BCUT2D eigenvalue weighted by molar-refractivity contribution is 0.177. The van der Waals surface area contributed by atoms with Gasteiger partial charge in [0.05, 0.1) is 12.9 Å². The molecule has 0 aliphatic carbocycles. The van der Waals surface area contributed by atoms with Gasteiger partial charge in [0.2, 0.25) is 0 Å². The van der Waals surface area contributed by atoms with Crippen LogP contribution in [0.2, 0.25) is 0 Å². The summed E-state index contributed by atoms with van der Waals surface area (Å²) in [5.74, 6) is 0.0209. The van der Waals surface area contributed by atoms with E-state index in [1.807, 2.05) is 19.0 Å². The monoisotopic (exact) mass is 319 g/mol. The topological polar surface area (TPSA) is 93.7 Å². The summed E-state index contributed by atoms with van der Waals surface area (Å²) >= 11 is 0. The summed E-state index contributed by atoms with van der Waals surface area (Å²) in [5, 5.41) is 0.0310. The van der Waals surface area contributed by atoms with Crippen molar-refractivity contribution in [3.63, 3.8) is 0 Å². The lowest BCUT2D eigenvalue weighted by Crippen LogP contribution is -2.37. The predicted molar refractivity (Wildman–Crippen MR) is 81.4 cm³/mol. The van der Waals surface area contributed by atoms with E-state index in [2.05, 4.69) is 4.98 Å². The fourth-order valence-corrected chi connectivity index (χ4v) is 3.64. The van der Waals surface area contributed by atoms with Crippen molar-refractivity contribution in [1.82, 2.24) is 18.8 Å². The van der Waals surface area contributed by atoms with Crippen LogP contribution in [-0.4, -0.2) is 74.6 Å². The maximum atomic E-state index is 12.7. The number of anilines is 1. The van der Waals surface area contributed by atoms with Crippen molar-refractivity contribution >= 4 is 15.8 Å². The van der Waals surface area contributed by atoms with E-state index in [-0.39, 0.29) is 17.4 Å². The molecule has 0 amide bonds. The van der Waals surface area contributed by atoms with Crippen LogP contribution in [0.1, 0.15) is 6.42 Å². The summed E-state index contributed by atoms with van der Waals surface area (Å²) in [6, 6.07) is 0. The summed E-state index contributed by atoms with van der Waals surface area (Å²) in [5.41, 5.74) is 5.69. The van der Waals surface area contributed by atoms with Gasteiger partial charge in [0, 0.05) is 27.2 Å². The van der Waals surface area contributed by atoms with Crippen LogP contribution in [0.15, 0.2) is 11.4 Å². The first kappa shape index (κ1) is 17.9. The van der Waals surface area contributed by atoms with Crippen molar-refractivity contribution in [1.29, 1.82) is 0 Å². The van der Waals surface area contributed by atoms with E-state index in [9.17, 15) is 8.42 Å². The predicted octanol–water partition coefficient (Wildman–Crippen LogP) is -0.409. The maximum absolute atomic E-state index is 12.7. The molecule has 1 aromatic heterocycles. The van der Waals surface area contributed by atoms with Crippen LogP contribution in [0.3, 0.4) is 0 Å². The lowest BCUT2D eigenvalue weighted by Gasteiger charge is -2.23. The number of rotatable bonds is 9. The summed E-state index contributed by atoms with van der Waals surface area (Å²) in [6.07, 6.45) is 2.13. The Kier molecular flexibility index (Phi) is 6.59. The van der Waals surface area contributed by atoms with Gasteiger partial charge in [0.1, 0.15) is 0 Å². The largest absolute Gasteiger partial charge is 0.383 e. The summed E-state index contributed by atoms with van der Waals surface area (Å²) in [7, 11) is 3.38. The van der Waals surface area contributed by atoms with Crippen LogP contribution >= 0.6 is 0 Å². The van der Waals surface area contributed by atoms with Gasteiger partial charge >= 0.3 is 0 Å². The van der Waals surface area contributed by atoms with Gasteiger partial charge in [-0.3, -0.25) is 0 Å². The molecule has 9 heteroatoms. The van der Waals surface area contributed by atoms with Crippen molar-refractivity contribution in [2.45, 2.75) is 11.4 Å². The number of ether oxygens (including phenoxy) is 1. The van der Waals surface area contributed by atoms with Gasteiger partial charge in [0.15, 0.2) is 10.8 Å². The van der Waals surface area contributed by atoms with Gasteiger partial charge in [-0.1, -0.05) is 0 Å². The minimum Gasteiger partial charge on any atom is -0.383 e. The highest BCUT2D eigenvalue weighted by Crippen LogP contribution is 2.20. The van der Waals surface area contributed by atoms with Crippen LogP contribution in [0.4, 0.5) is 5.82 Å². The van der Waals surface area contributed by atoms with Gasteiger partial charge in [-0.2, -0.15) is 4.31 Å². The van der Waals surface area contributed by atoms with Crippen molar-refractivity contribution in [2.75, 3.05) is 53.2 Å². The third-order valence-corrected chi connectivity index (χ3v) is 5.08. The van der Waals surface area contributed by atoms with E-state index in [0.29, 0.717) is 13.2 Å². The number of nitrogen functional groups attached to an aromatic ring is 1. The molecule has 1 aromatic rings. The zero-order valence-corrected chi connectivity index (χ0v) is 13.9. The SMILES string of the molecule is COCCN(CCCN(C)C)S(=O)(=O)c1c(N)ncn1C. The molecule has 0 aliphatic heterocycles. The Hall–Kier alpha value is -1.16. The van der Waals surface area contributed by atoms with E-state index >= 15 is 0 Å². The average Bonchev–Trinajstić information content (AvgIpc) is 2.73. The molecule has 0 spiro atoms. The number of aryl methyl sites for hydroxylation is 1. The first-order valence-electron chi connectivity index (χ1n) is 6.71. The first-order chi connectivity index (χ1) is 9.80. The highest BCUT2D eigenvalue weighted by atomic mass is 32.2. The van der Waals surface area contributed by atoms with Gasteiger partial charge in [-0.25, -0.2) is 13.4 Å². The Morgan fingerprint density at radius 3 is 2.48 bits per heavy atom. The van der Waals surface area contributed by atoms with Gasteiger partial charge in [0.25, 0.3) is 10.0 Å². The minimum absolute atomic E-state index is 0.0209. The lowest BCUT2D eigenvalue weighted by atomic mass is 10.4. The maximum Gasteiger partial charge on any atom is 0.262 e. The first-order valence-corrected chi connectivity index (χ1v) is 8.15. The number of hydrogen-bond donors (Lipinski definition) is 1. The highest BCUT2D eigenvalue weighted by molar-refractivity contribution is 7.89.